The number of nitrogens with one attached hydrogen (secondary N) is 1. The molecule has 0 unspecified atom stereocenters. The summed E-state index contributed by atoms with van der Waals surface area (Å²) in [6.45, 7) is 2.50. The van der Waals surface area contributed by atoms with Gasteiger partial charge in [0.05, 0.1) is 11.5 Å². The Kier molecular flexibility index (Phi) is 5.94. The molecule has 0 aliphatic rings. The molecule has 0 saturated carbocycles. The Morgan fingerprint density at radius 1 is 1.37 bits per heavy atom. The molecule has 0 heterocycles. The first-order valence-corrected chi connectivity index (χ1v) is 8.10. The van der Waals surface area contributed by atoms with Crippen LogP contribution in [-0.2, 0) is 16.6 Å². The van der Waals surface area contributed by atoms with E-state index in [4.69, 9.17) is 5.11 Å². The Labute approximate surface area is 122 Å². The smallest absolute Gasteiger partial charge is 0.240 e. The van der Waals surface area contributed by atoms with Crippen LogP contribution in [0.1, 0.15) is 11.1 Å². The van der Waals surface area contributed by atoms with Crippen molar-refractivity contribution >= 4 is 26.0 Å². The van der Waals surface area contributed by atoms with E-state index in [1.807, 2.05) is 19.0 Å². The van der Waals surface area contributed by atoms with Crippen molar-refractivity contribution in [2.45, 2.75) is 18.4 Å². The number of hydrogen-bond acceptors (Lipinski definition) is 4. The molecule has 7 heteroatoms. The van der Waals surface area contributed by atoms with Crippen molar-refractivity contribution in [1.82, 2.24) is 9.62 Å². The maximum Gasteiger partial charge on any atom is 0.240 e. The van der Waals surface area contributed by atoms with Gasteiger partial charge in [0.2, 0.25) is 10.0 Å². The lowest BCUT2D eigenvalue weighted by Crippen LogP contribution is -2.31. The molecule has 0 radical (unpaired) electrons. The molecule has 2 N–H and O–H groups in total. The molecule has 1 aromatic carbocycles. The maximum atomic E-state index is 12.2. The number of sulfonamides is 1. The van der Waals surface area contributed by atoms with Crippen LogP contribution in [0.25, 0.3) is 0 Å². The van der Waals surface area contributed by atoms with Gasteiger partial charge in [0, 0.05) is 17.6 Å². The summed E-state index contributed by atoms with van der Waals surface area (Å²) < 4.78 is 27.7. The third kappa shape index (κ3) is 4.54. The van der Waals surface area contributed by atoms with E-state index in [9.17, 15) is 8.42 Å². The van der Waals surface area contributed by atoms with Crippen molar-refractivity contribution in [3.63, 3.8) is 0 Å². The summed E-state index contributed by atoms with van der Waals surface area (Å²) >= 11 is 3.31. The zero-order valence-corrected chi connectivity index (χ0v) is 13.7. The van der Waals surface area contributed by atoms with E-state index in [2.05, 4.69) is 20.7 Å². The number of hydrogen-bond donors (Lipinski definition) is 2. The van der Waals surface area contributed by atoms with Gasteiger partial charge in [-0.15, -0.1) is 0 Å². The molecule has 0 bridgehead atoms. The number of aliphatic hydroxyl groups excluding tert-OH is 1. The van der Waals surface area contributed by atoms with Crippen LogP contribution in [0, 0.1) is 6.92 Å². The highest BCUT2D eigenvalue weighted by Gasteiger charge is 2.18. The Balaban J connectivity index is 3.03. The minimum Gasteiger partial charge on any atom is -0.392 e. The van der Waals surface area contributed by atoms with E-state index in [1.165, 1.54) is 6.07 Å². The zero-order chi connectivity index (χ0) is 14.6. The molecule has 1 aromatic rings. The number of benzene rings is 1. The van der Waals surface area contributed by atoms with Crippen molar-refractivity contribution in [3.8, 4) is 0 Å². The lowest BCUT2D eigenvalue weighted by Gasteiger charge is -2.14. The van der Waals surface area contributed by atoms with Gasteiger partial charge in [0.15, 0.2) is 0 Å². The first-order valence-electron chi connectivity index (χ1n) is 5.82. The Bertz CT molecular complexity index is 544. The SMILES string of the molecule is Cc1c(Br)cc(CO)cc1S(=O)(=O)NCCN(C)C. The largest absolute Gasteiger partial charge is 0.392 e. The van der Waals surface area contributed by atoms with Gasteiger partial charge in [0.1, 0.15) is 0 Å². The average molecular weight is 351 g/mol. The van der Waals surface area contributed by atoms with Crippen molar-refractivity contribution in [2.24, 2.45) is 0 Å². The van der Waals surface area contributed by atoms with Crippen LogP contribution in [0.4, 0.5) is 0 Å². The summed E-state index contributed by atoms with van der Waals surface area (Å²) in [5.74, 6) is 0. The number of aliphatic hydroxyl groups is 1. The standard InChI is InChI=1S/C12H19BrN2O3S/c1-9-11(13)6-10(8-16)7-12(9)19(17,18)14-4-5-15(2)3/h6-7,14,16H,4-5,8H2,1-3H3. The van der Waals surface area contributed by atoms with Crippen molar-refractivity contribution < 1.29 is 13.5 Å². The minimum atomic E-state index is -3.56. The van der Waals surface area contributed by atoms with Gasteiger partial charge in [-0.25, -0.2) is 13.1 Å². The van der Waals surface area contributed by atoms with E-state index in [-0.39, 0.29) is 11.5 Å². The Hall–Kier alpha value is -0.470. The number of rotatable bonds is 6. The van der Waals surface area contributed by atoms with Crippen LogP contribution in [0.2, 0.25) is 0 Å². The van der Waals surface area contributed by atoms with Crippen LogP contribution in [0.5, 0.6) is 0 Å². The van der Waals surface area contributed by atoms with E-state index >= 15 is 0 Å². The molecule has 0 atom stereocenters. The van der Waals surface area contributed by atoms with Crippen molar-refractivity contribution in [2.75, 3.05) is 27.2 Å². The van der Waals surface area contributed by atoms with Crippen LogP contribution in [0.15, 0.2) is 21.5 Å². The van der Waals surface area contributed by atoms with Crippen LogP contribution < -0.4 is 4.72 Å². The molecular weight excluding hydrogens is 332 g/mol. The molecule has 0 spiro atoms. The maximum absolute atomic E-state index is 12.2. The molecule has 0 amide bonds. The van der Waals surface area contributed by atoms with Gasteiger partial charge in [-0.05, 0) is 44.3 Å². The highest BCUT2D eigenvalue weighted by atomic mass is 79.9. The summed E-state index contributed by atoms with van der Waals surface area (Å²) in [5, 5.41) is 9.15. The van der Waals surface area contributed by atoms with Gasteiger partial charge < -0.3 is 10.0 Å². The van der Waals surface area contributed by atoms with E-state index < -0.39 is 10.0 Å². The summed E-state index contributed by atoms with van der Waals surface area (Å²) in [6.07, 6.45) is 0. The van der Waals surface area contributed by atoms with Gasteiger partial charge in [-0.2, -0.15) is 0 Å². The second-order valence-electron chi connectivity index (χ2n) is 4.56. The first kappa shape index (κ1) is 16.6. The van der Waals surface area contributed by atoms with Crippen molar-refractivity contribution in [1.29, 1.82) is 0 Å². The first-order chi connectivity index (χ1) is 8.77. The molecular formula is C12H19BrN2O3S. The Morgan fingerprint density at radius 3 is 2.53 bits per heavy atom. The van der Waals surface area contributed by atoms with Crippen LogP contribution in [-0.4, -0.2) is 45.6 Å². The van der Waals surface area contributed by atoms with Crippen molar-refractivity contribution in [3.05, 3.63) is 27.7 Å². The molecule has 0 aromatic heterocycles. The average Bonchev–Trinajstić information content (AvgIpc) is 2.31. The topological polar surface area (TPSA) is 69.6 Å². The quantitative estimate of drug-likeness (QED) is 0.805. The normalized spacial score (nSPS) is 12.1. The summed E-state index contributed by atoms with van der Waals surface area (Å²) in [5.41, 5.74) is 1.19. The number of likely N-dealkylation sites (N-methyl/N-ethyl adjacent to an activating group) is 1. The molecule has 0 fully saturated rings. The fourth-order valence-electron chi connectivity index (χ4n) is 1.56. The fourth-order valence-corrected chi connectivity index (χ4v) is 3.53. The van der Waals surface area contributed by atoms with E-state index in [0.717, 1.165) is 0 Å². The van der Waals surface area contributed by atoms with Crippen LogP contribution in [0.3, 0.4) is 0 Å². The van der Waals surface area contributed by atoms with Crippen LogP contribution >= 0.6 is 15.9 Å². The highest BCUT2D eigenvalue weighted by Crippen LogP contribution is 2.25. The van der Waals surface area contributed by atoms with Gasteiger partial charge in [-0.1, -0.05) is 15.9 Å². The lowest BCUT2D eigenvalue weighted by molar-refractivity contribution is 0.281. The lowest BCUT2D eigenvalue weighted by atomic mass is 10.2. The molecule has 108 valence electrons. The molecule has 1 rings (SSSR count). The third-order valence-electron chi connectivity index (χ3n) is 2.68. The molecule has 0 aliphatic heterocycles. The highest BCUT2D eigenvalue weighted by molar-refractivity contribution is 9.10. The van der Waals surface area contributed by atoms with Gasteiger partial charge >= 0.3 is 0 Å². The molecule has 19 heavy (non-hydrogen) atoms. The van der Waals surface area contributed by atoms with Gasteiger partial charge in [0.25, 0.3) is 0 Å². The predicted octanol–water partition coefficient (Wildman–Crippen LogP) is 1.09. The molecule has 0 aliphatic carbocycles. The molecule has 5 nitrogen and oxygen atoms in total. The van der Waals surface area contributed by atoms with Gasteiger partial charge in [-0.3, -0.25) is 0 Å². The third-order valence-corrected chi connectivity index (χ3v) is 5.09. The van der Waals surface area contributed by atoms with E-state index in [1.54, 1.807) is 13.0 Å². The summed E-state index contributed by atoms with van der Waals surface area (Å²) in [7, 11) is 0.196. The fraction of sp³-hybridized carbons (Fsp3) is 0.500. The number of halogens is 1. The second-order valence-corrected chi connectivity index (χ2v) is 7.15. The zero-order valence-electron chi connectivity index (χ0n) is 11.3. The number of nitrogens with zero attached hydrogens (tertiary/aromatic N) is 1. The monoisotopic (exact) mass is 350 g/mol. The molecule has 0 saturated heterocycles. The Morgan fingerprint density at radius 2 is 2.00 bits per heavy atom. The minimum absolute atomic E-state index is 0.195. The van der Waals surface area contributed by atoms with E-state index in [0.29, 0.717) is 28.7 Å². The summed E-state index contributed by atoms with van der Waals surface area (Å²) in [6, 6.07) is 3.21. The second kappa shape index (κ2) is 6.81. The predicted molar refractivity (Wildman–Crippen MR) is 78.5 cm³/mol. The summed E-state index contributed by atoms with van der Waals surface area (Å²) in [4.78, 5) is 2.10.